The average molecular weight is 226 g/mol. The molecule has 0 fully saturated rings. The maximum atomic E-state index is 8.75. The van der Waals surface area contributed by atoms with Crippen molar-refractivity contribution in [3.63, 3.8) is 0 Å². The van der Waals surface area contributed by atoms with E-state index in [1.54, 1.807) is 0 Å². The molecule has 0 bridgehead atoms. The molecule has 0 aromatic heterocycles. The number of hydrogen-bond donors (Lipinski definition) is 2. The molecule has 2 nitrogen and oxygen atoms in total. The standard InChI is InChI=1S/C12H16ClNO/c13-12(2-1-5-15)9-3-4-10-7-14-8-11(10)6-9/h3-4,6,12,14-15H,1-2,5,7-8H2. The van der Waals surface area contributed by atoms with Crippen molar-refractivity contribution in [1.82, 2.24) is 5.32 Å². The second-order valence-electron chi connectivity index (χ2n) is 3.97. The van der Waals surface area contributed by atoms with Crippen molar-refractivity contribution in [3.8, 4) is 0 Å². The van der Waals surface area contributed by atoms with Crippen LogP contribution in [0.1, 0.15) is 34.9 Å². The smallest absolute Gasteiger partial charge is 0.0586 e. The van der Waals surface area contributed by atoms with Gasteiger partial charge < -0.3 is 10.4 Å². The third kappa shape index (κ3) is 2.51. The zero-order chi connectivity index (χ0) is 10.7. The summed E-state index contributed by atoms with van der Waals surface area (Å²) in [4.78, 5) is 0. The Kier molecular flexibility index (Phi) is 3.62. The van der Waals surface area contributed by atoms with Gasteiger partial charge in [-0.05, 0) is 29.5 Å². The fraction of sp³-hybridized carbons (Fsp3) is 0.500. The monoisotopic (exact) mass is 225 g/mol. The van der Waals surface area contributed by atoms with E-state index in [1.165, 1.54) is 16.7 Å². The largest absolute Gasteiger partial charge is 0.396 e. The molecule has 0 radical (unpaired) electrons. The van der Waals surface area contributed by atoms with Crippen LogP contribution in [0, 0.1) is 0 Å². The van der Waals surface area contributed by atoms with Crippen molar-refractivity contribution >= 4 is 11.6 Å². The molecule has 3 heteroatoms. The van der Waals surface area contributed by atoms with Crippen molar-refractivity contribution in [2.45, 2.75) is 31.3 Å². The molecule has 0 aliphatic carbocycles. The minimum absolute atomic E-state index is 0.0306. The van der Waals surface area contributed by atoms with Gasteiger partial charge in [0.1, 0.15) is 0 Å². The summed E-state index contributed by atoms with van der Waals surface area (Å²) in [6.45, 7) is 2.14. The molecule has 0 amide bonds. The Balaban J connectivity index is 2.08. The van der Waals surface area contributed by atoms with Crippen molar-refractivity contribution in [1.29, 1.82) is 0 Å². The summed E-state index contributed by atoms with van der Waals surface area (Å²) in [5.74, 6) is 0. The van der Waals surface area contributed by atoms with Crippen LogP contribution in [0.3, 0.4) is 0 Å². The Hall–Kier alpha value is -0.570. The highest BCUT2D eigenvalue weighted by Gasteiger charge is 2.13. The number of hydrogen-bond acceptors (Lipinski definition) is 2. The van der Waals surface area contributed by atoms with E-state index >= 15 is 0 Å². The normalized spacial score (nSPS) is 16.4. The zero-order valence-corrected chi connectivity index (χ0v) is 9.43. The number of aliphatic hydroxyl groups excluding tert-OH is 1. The number of halogens is 1. The summed E-state index contributed by atoms with van der Waals surface area (Å²) in [6.07, 6.45) is 1.60. The third-order valence-corrected chi connectivity index (χ3v) is 3.31. The lowest BCUT2D eigenvalue weighted by Gasteiger charge is -2.10. The molecule has 1 aromatic carbocycles. The molecule has 2 N–H and O–H groups in total. The first-order valence-electron chi connectivity index (χ1n) is 5.38. The van der Waals surface area contributed by atoms with Gasteiger partial charge in [-0.1, -0.05) is 18.2 Å². The van der Waals surface area contributed by atoms with E-state index in [-0.39, 0.29) is 12.0 Å². The molecule has 0 saturated heterocycles. The van der Waals surface area contributed by atoms with Crippen LogP contribution < -0.4 is 5.32 Å². The van der Waals surface area contributed by atoms with Crippen molar-refractivity contribution < 1.29 is 5.11 Å². The van der Waals surface area contributed by atoms with E-state index in [2.05, 4.69) is 23.5 Å². The number of benzene rings is 1. The molecule has 82 valence electrons. The first-order valence-corrected chi connectivity index (χ1v) is 5.82. The maximum absolute atomic E-state index is 8.75. The van der Waals surface area contributed by atoms with Crippen molar-refractivity contribution in [2.75, 3.05) is 6.61 Å². The van der Waals surface area contributed by atoms with E-state index in [0.29, 0.717) is 0 Å². The molecule has 1 aliphatic heterocycles. The van der Waals surface area contributed by atoms with Crippen LogP contribution >= 0.6 is 11.6 Å². The second kappa shape index (κ2) is 4.97. The number of aliphatic hydroxyl groups is 1. The molecule has 1 heterocycles. The Labute approximate surface area is 95.3 Å². The van der Waals surface area contributed by atoms with Gasteiger partial charge in [-0.2, -0.15) is 0 Å². The minimum Gasteiger partial charge on any atom is -0.396 e. The Bertz CT molecular complexity index is 340. The average Bonchev–Trinajstić information content (AvgIpc) is 2.72. The summed E-state index contributed by atoms with van der Waals surface area (Å²) in [6, 6.07) is 6.43. The number of fused-ring (bicyclic) bond motifs is 1. The van der Waals surface area contributed by atoms with Crippen molar-refractivity contribution in [3.05, 3.63) is 34.9 Å². The topological polar surface area (TPSA) is 32.3 Å². The first-order chi connectivity index (χ1) is 7.31. The highest BCUT2D eigenvalue weighted by molar-refractivity contribution is 6.20. The number of alkyl halides is 1. The Morgan fingerprint density at radius 1 is 1.33 bits per heavy atom. The molecule has 2 rings (SSSR count). The molecular weight excluding hydrogens is 210 g/mol. The molecule has 15 heavy (non-hydrogen) atoms. The fourth-order valence-electron chi connectivity index (χ4n) is 1.95. The first kappa shape index (κ1) is 10.9. The lowest BCUT2D eigenvalue weighted by atomic mass is 10.0. The molecule has 0 saturated carbocycles. The van der Waals surface area contributed by atoms with Gasteiger partial charge in [0, 0.05) is 19.7 Å². The highest BCUT2D eigenvalue weighted by atomic mass is 35.5. The molecule has 1 atom stereocenters. The molecule has 1 aliphatic rings. The lowest BCUT2D eigenvalue weighted by Crippen LogP contribution is -2.00. The minimum atomic E-state index is 0.0306. The van der Waals surface area contributed by atoms with Crippen LogP contribution in [0.4, 0.5) is 0 Å². The maximum Gasteiger partial charge on any atom is 0.0586 e. The van der Waals surface area contributed by atoms with Crippen molar-refractivity contribution in [2.24, 2.45) is 0 Å². The molecular formula is C12H16ClNO. The summed E-state index contributed by atoms with van der Waals surface area (Å²) in [5.41, 5.74) is 3.92. The van der Waals surface area contributed by atoms with Crippen LogP contribution in [0.2, 0.25) is 0 Å². The predicted octanol–water partition coefficient (Wildman–Crippen LogP) is 2.34. The summed E-state index contributed by atoms with van der Waals surface area (Å²) < 4.78 is 0. The third-order valence-electron chi connectivity index (χ3n) is 2.84. The van der Waals surface area contributed by atoms with E-state index in [9.17, 15) is 0 Å². The summed E-state index contributed by atoms with van der Waals surface area (Å²) >= 11 is 6.26. The quantitative estimate of drug-likeness (QED) is 0.771. The van der Waals surface area contributed by atoms with Gasteiger partial charge in [0.15, 0.2) is 0 Å². The van der Waals surface area contributed by atoms with E-state index in [0.717, 1.165) is 25.9 Å². The fourth-order valence-corrected chi connectivity index (χ4v) is 2.24. The zero-order valence-electron chi connectivity index (χ0n) is 8.67. The van der Waals surface area contributed by atoms with Crippen LogP contribution in [0.15, 0.2) is 18.2 Å². The second-order valence-corrected chi connectivity index (χ2v) is 4.49. The van der Waals surface area contributed by atoms with E-state index < -0.39 is 0 Å². The highest BCUT2D eigenvalue weighted by Crippen LogP contribution is 2.28. The predicted molar refractivity (Wildman–Crippen MR) is 61.9 cm³/mol. The SMILES string of the molecule is OCCCC(Cl)c1ccc2c(c1)CNC2. The molecule has 1 unspecified atom stereocenters. The number of rotatable bonds is 4. The summed E-state index contributed by atoms with van der Waals surface area (Å²) in [5, 5.41) is 12.1. The Morgan fingerprint density at radius 3 is 2.93 bits per heavy atom. The van der Waals surface area contributed by atoms with Crippen LogP contribution in [0.5, 0.6) is 0 Å². The van der Waals surface area contributed by atoms with Crippen LogP contribution in [-0.2, 0) is 13.1 Å². The van der Waals surface area contributed by atoms with Gasteiger partial charge in [0.25, 0.3) is 0 Å². The van der Waals surface area contributed by atoms with E-state index in [1.807, 2.05) is 0 Å². The van der Waals surface area contributed by atoms with Gasteiger partial charge in [-0.3, -0.25) is 0 Å². The van der Waals surface area contributed by atoms with Gasteiger partial charge in [-0.15, -0.1) is 11.6 Å². The van der Waals surface area contributed by atoms with Gasteiger partial charge in [-0.25, -0.2) is 0 Å². The number of nitrogens with one attached hydrogen (secondary N) is 1. The molecule has 0 spiro atoms. The van der Waals surface area contributed by atoms with Crippen LogP contribution in [-0.4, -0.2) is 11.7 Å². The lowest BCUT2D eigenvalue weighted by molar-refractivity contribution is 0.284. The van der Waals surface area contributed by atoms with Crippen LogP contribution in [0.25, 0.3) is 0 Å². The van der Waals surface area contributed by atoms with E-state index in [4.69, 9.17) is 16.7 Å². The van der Waals surface area contributed by atoms with Gasteiger partial charge >= 0.3 is 0 Å². The molecule has 1 aromatic rings. The summed E-state index contributed by atoms with van der Waals surface area (Å²) in [7, 11) is 0. The Morgan fingerprint density at radius 2 is 2.13 bits per heavy atom. The van der Waals surface area contributed by atoms with Gasteiger partial charge in [0.05, 0.1) is 5.38 Å². The van der Waals surface area contributed by atoms with Gasteiger partial charge in [0.2, 0.25) is 0 Å².